The number of fused-ring (bicyclic) bond motifs is 1. The number of hydrogen-bond donors (Lipinski definition) is 1. The number of hydrogen-bond acceptors (Lipinski definition) is 2. The van der Waals surface area contributed by atoms with E-state index in [0.29, 0.717) is 6.54 Å². The molecule has 0 saturated carbocycles. The summed E-state index contributed by atoms with van der Waals surface area (Å²) in [4.78, 5) is 1.29. The van der Waals surface area contributed by atoms with Crippen LogP contribution in [0.1, 0.15) is 28.8 Å². The van der Waals surface area contributed by atoms with E-state index in [0.717, 1.165) is 0 Å². The van der Waals surface area contributed by atoms with Crippen LogP contribution in [0, 0.1) is 0 Å². The first-order valence-corrected chi connectivity index (χ1v) is 7.15. The second-order valence-electron chi connectivity index (χ2n) is 4.65. The highest BCUT2D eigenvalue weighted by Crippen LogP contribution is 2.31. The zero-order valence-corrected chi connectivity index (χ0v) is 10.7. The van der Waals surface area contributed by atoms with Crippen LogP contribution in [0.3, 0.4) is 0 Å². The van der Waals surface area contributed by atoms with Gasteiger partial charge in [0.1, 0.15) is 0 Å². The minimum Gasteiger partial charge on any atom is -0.326 e. The van der Waals surface area contributed by atoms with Crippen molar-refractivity contribution in [3.8, 4) is 11.1 Å². The number of rotatable bonds is 2. The average molecular weight is 243 g/mol. The molecule has 2 N–H and O–H groups in total. The molecular weight excluding hydrogens is 226 g/mol. The van der Waals surface area contributed by atoms with Gasteiger partial charge in [-0.1, -0.05) is 18.2 Å². The topological polar surface area (TPSA) is 26.0 Å². The lowest BCUT2D eigenvalue weighted by Gasteiger charge is -2.16. The third kappa shape index (κ3) is 2.03. The fraction of sp³-hybridized carbons (Fsp3) is 0.333. The van der Waals surface area contributed by atoms with Crippen LogP contribution < -0.4 is 5.73 Å². The summed E-state index contributed by atoms with van der Waals surface area (Å²) >= 11 is 1.76. The average Bonchev–Trinajstić information content (AvgIpc) is 2.86. The summed E-state index contributed by atoms with van der Waals surface area (Å²) < 4.78 is 0. The second-order valence-corrected chi connectivity index (χ2v) is 5.65. The Morgan fingerprint density at radius 3 is 2.71 bits per heavy atom. The number of thiophene rings is 1. The molecule has 3 rings (SSSR count). The molecule has 1 aliphatic carbocycles. The Morgan fingerprint density at radius 2 is 1.88 bits per heavy atom. The van der Waals surface area contributed by atoms with E-state index in [9.17, 15) is 0 Å². The predicted octanol–water partition coefficient (Wildman–Crippen LogP) is 3.75. The Kier molecular flexibility index (Phi) is 3.00. The van der Waals surface area contributed by atoms with Gasteiger partial charge in [0.25, 0.3) is 0 Å². The smallest absolute Gasteiger partial charge is 0.0280 e. The van der Waals surface area contributed by atoms with Crippen LogP contribution in [0.4, 0.5) is 0 Å². The van der Waals surface area contributed by atoms with E-state index in [2.05, 4.69) is 29.6 Å². The lowest BCUT2D eigenvalue weighted by atomic mass is 9.89. The van der Waals surface area contributed by atoms with E-state index in [1.807, 2.05) is 0 Å². The van der Waals surface area contributed by atoms with Gasteiger partial charge in [-0.25, -0.2) is 0 Å². The third-order valence-electron chi connectivity index (χ3n) is 3.59. The van der Waals surface area contributed by atoms with Gasteiger partial charge < -0.3 is 5.73 Å². The van der Waals surface area contributed by atoms with Gasteiger partial charge in [-0.2, -0.15) is 0 Å². The molecule has 17 heavy (non-hydrogen) atoms. The third-order valence-corrected chi connectivity index (χ3v) is 4.53. The molecule has 0 aliphatic heterocycles. The zero-order valence-electron chi connectivity index (χ0n) is 9.91. The lowest BCUT2D eigenvalue weighted by Crippen LogP contribution is -2.02. The van der Waals surface area contributed by atoms with Gasteiger partial charge in [0, 0.05) is 11.4 Å². The highest BCUT2D eigenvalue weighted by atomic mass is 32.1. The molecule has 0 spiro atoms. The first kappa shape index (κ1) is 11.0. The lowest BCUT2D eigenvalue weighted by molar-refractivity contribution is 0.686. The Hall–Kier alpha value is -1.12. The van der Waals surface area contributed by atoms with Crippen molar-refractivity contribution in [3.05, 3.63) is 45.6 Å². The molecule has 88 valence electrons. The molecule has 2 aromatic rings. The van der Waals surface area contributed by atoms with E-state index in [4.69, 9.17) is 5.73 Å². The Balaban J connectivity index is 2.04. The van der Waals surface area contributed by atoms with Gasteiger partial charge >= 0.3 is 0 Å². The van der Waals surface area contributed by atoms with Gasteiger partial charge in [0.05, 0.1) is 0 Å². The standard InChI is InChI=1S/C15H17NS/c16-10-15-14(7-8-17-15)13-6-5-11-3-1-2-4-12(11)9-13/h5-9H,1-4,10,16H2. The van der Waals surface area contributed by atoms with Crippen LogP contribution in [-0.2, 0) is 19.4 Å². The van der Waals surface area contributed by atoms with Gasteiger partial charge in [0.15, 0.2) is 0 Å². The molecule has 2 heteroatoms. The Morgan fingerprint density at radius 1 is 1.06 bits per heavy atom. The second kappa shape index (κ2) is 4.63. The van der Waals surface area contributed by atoms with Gasteiger partial charge in [0.2, 0.25) is 0 Å². The van der Waals surface area contributed by atoms with Gasteiger partial charge in [-0.3, -0.25) is 0 Å². The van der Waals surface area contributed by atoms with Crippen LogP contribution in [0.5, 0.6) is 0 Å². The predicted molar refractivity (Wildman–Crippen MR) is 74.3 cm³/mol. The molecule has 0 radical (unpaired) electrons. The summed E-state index contributed by atoms with van der Waals surface area (Å²) in [7, 11) is 0. The van der Waals surface area contributed by atoms with Crippen LogP contribution >= 0.6 is 11.3 Å². The van der Waals surface area contributed by atoms with Crippen LogP contribution in [0.25, 0.3) is 11.1 Å². The van der Waals surface area contributed by atoms with Crippen LogP contribution in [0.2, 0.25) is 0 Å². The fourth-order valence-electron chi connectivity index (χ4n) is 2.66. The van der Waals surface area contributed by atoms with Crippen molar-refractivity contribution in [3.63, 3.8) is 0 Å². The maximum atomic E-state index is 5.78. The minimum atomic E-state index is 0.643. The van der Waals surface area contributed by atoms with Crippen molar-refractivity contribution in [2.24, 2.45) is 5.73 Å². The molecule has 0 fully saturated rings. The first-order chi connectivity index (χ1) is 8.38. The summed E-state index contributed by atoms with van der Waals surface area (Å²) in [5.41, 5.74) is 11.5. The van der Waals surface area contributed by atoms with Crippen molar-refractivity contribution in [1.82, 2.24) is 0 Å². The highest BCUT2D eigenvalue weighted by molar-refractivity contribution is 7.10. The van der Waals surface area contributed by atoms with Gasteiger partial charge in [-0.15, -0.1) is 11.3 Å². The highest BCUT2D eigenvalue weighted by Gasteiger charge is 2.11. The molecule has 1 aliphatic rings. The summed E-state index contributed by atoms with van der Waals surface area (Å²) in [6.07, 6.45) is 5.18. The van der Waals surface area contributed by atoms with Crippen molar-refractivity contribution < 1.29 is 0 Å². The molecule has 0 amide bonds. The van der Waals surface area contributed by atoms with Crippen molar-refractivity contribution in [2.45, 2.75) is 32.2 Å². The number of benzene rings is 1. The van der Waals surface area contributed by atoms with E-state index >= 15 is 0 Å². The largest absolute Gasteiger partial charge is 0.326 e. The van der Waals surface area contributed by atoms with E-state index in [1.54, 1.807) is 22.5 Å². The Bertz CT molecular complexity index is 527. The first-order valence-electron chi connectivity index (χ1n) is 6.27. The minimum absolute atomic E-state index is 0.643. The van der Waals surface area contributed by atoms with Crippen molar-refractivity contribution in [2.75, 3.05) is 0 Å². The quantitative estimate of drug-likeness (QED) is 0.854. The molecule has 0 bridgehead atoms. The molecule has 1 nitrogen and oxygen atoms in total. The molecule has 0 saturated heterocycles. The van der Waals surface area contributed by atoms with Crippen molar-refractivity contribution >= 4 is 11.3 Å². The number of aryl methyl sites for hydroxylation is 2. The van der Waals surface area contributed by atoms with Gasteiger partial charge in [-0.05, 0) is 59.4 Å². The monoisotopic (exact) mass is 243 g/mol. The normalized spacial score (nSPS) is 14.6. The molecular formula is C15H17NS. The van der Waals surface area contributed by atoms with Crippen LogP contribution in [0.15, 0.2) is 29.6 Å². The molecule has 0 unspecified atom stereocenters. The fourth-order valence-corrected chi connectivity index (χ4v) is 3.43. The SMILES string of the molecule is NCc1sccc1-c1ccc2c(c1)CCCC2. The molecule has 1 aromatic heterocycles. The van der Waals surface area contributed by atoms with Crippen LogP contribution in [-0.4, -0.2) is 0 Å². The summed E-state index contributed by atoms with van der Waals surface area (Å²) in [6, 6.07) is 9.13. The summed E-state index contributed by atoms with van der Waals surface area (Å²) in [5, 5.41) is 2.14. The molecule has 0 atom stereocenters. The molecule has 1 heterocycles. The van der Waals surface area contributed by atoms with E-state index in [1.165, 1.54) is 41.7 Å². The summed E-state index contributed by atoms with van der Waals surface area (Å²) in [6.45, 7) is 0.643. The van der Waals surface area contributed by atoms with E-state index < -0.39 is 0 Å². The summed E-state index contributed by atoms with van der Waals surface area (Å²) in [5.74, 6) is 0. The maximum absolute atomic E-state index is 5.78. The molecule has 1 aromatic carbocycles. The zero-order chi connectivity index (χ0) is 11.7. The maximum Gasteiger partial charge on any atom is 0.0280 e. The van der Waals surface area contributed by atoms with Crippen molar-refractivity contribution in [1.29, 1.82) is 0 Å². The number of nitrogens with two attached hydrogens (primary N) is 1. The Labute approximate surface area is 106 Å². The van der Waals surface area contributed by atoms with E-state index in [-0.39, 0.29) is 0 Å².